The van der Waals surface area contributed by atoms with Crippen LogP contribution in [0.25, 0.3) is 44.2 Å². The molecule has 52 heavy (non-hydrogen) atoms. The standard InChI is InChI=1S/C50H49NO/c1-47(2,3)30-27-35-45-42(23-16-24-43(45)52-46(35)40(28-30)48(4,5)6)51(31-25-26-33-32-17-11-13-19-36(32)50(9,10)39(33)29-31)41-22-15-21-38-44(41)34-18-12-14-20-37(34)49(38,7)8/h11-29H,1-10H3. The molecule has 0 spiro atoms. The molecule has 0 saturated carbocycles. The van der Waals surface area contributed by atoms with E-state index in [9.17, 15) is 0 Å². The second-order valence-corrected chi connectivity index (χ2v) is 18.3. The van der Waals surface area contributed by atoms with E-state index < -0.39 is 0 Å². The summed E-state index contributed by atoms with van der Waals surface area (Å²) in [5, 5.41) is 2.33. The van der Waals surface area contributed by atoms with Crippen LogP contribution in [0.5, 0.6) is 0 Å². The lowest BCUT2D eigenvalue weighted by Gasteiger charge is -2.31. The summed E-state index contributed by atoms with van der Waals surface area (Å²) < 4.78 is 6.95. The third-order valence-corrected chi connectivity index (χ3v) is 12.1. The minimum atomic E-state index is -0.127. The average molecular weight is 680 g/mol. The molecule has 0 atom stereocenters. The summed E-state index contributed by atoms with van der Waals surface area (Å²) in [7, 11) is 0. The van der Waals surface area contributed by atoms with Gasteiger partial charge in [-0.25, -0.2) is 0 Å². The third kappa shape index (κ3) is 4.56. The molecule has 0 radical (unpaired) electrons. The normalized spacial score (nSPS) is 15.4. The van der Waals surface area contributed by atoms with Crippen molar-refractivity contribution < 1.29 is 4.42 Å². The van der Waals surface area contributed by atoms with Crippen LogP contribution in [0, 0.1) is 0 Å². The predicted molar refractivity (Wildman–Crippen MR) is 221 cm³/mol. The minimum Gasteiger partial charge on any atom is -0.456 e. The first-order valence-corrected chi connectivity index (χ1v) is 18.9. The number of nitrogens with zero attached hydrogens (tertiary/aromatic N) is 1. The van der Waals surface area contributed by atoms with Gasteiger partial charge in [0.1, 0.15) is 11.2 Å². The Hall–Kier alpha value is -5.08. The van der Waals surface area contributed by atoms with E-state index in [-0.39, 0.29) is 21.7 Å². The molecule has 0 unspecified atom stereocenters. The smallest absolute Gasteiger partial charge is 0.139 e. The summed E-state index contributed by atoms with van der Waals surface area (Å²) >= 11 is 0. The Kier molecular flexibility index (Phi) is 6.77. The topological polar surface area (TPSA) is 16.4 Å². The maximum Gasteiger partial charge on any atom is 0.139 e. The molecule has 2 heteroatoms. The van der Waals surface area contributed by atoms with Crippen molar-refractivity contribution in [2.45, 2.75) is 90.9 Å². The van der Waals surface area contributed by atoms with Gasteiger partial charge in [-0.15, -0.1) is 0 Å². The Morgan fingerprint density at radius 2 is 1.12 bits per heavy atom. The number of anilines is 3. The molecular weight excluding hydrogens is 631 g/mol. The van der Waals surface area contributed by atoms with Crippen molar-refractivity contribution in [3.63, 3.8) is 0 Å². The van der Waals surface area contributed by atoms with Crippen molar-refractivity contribution in [1.82, 2.24) is 0 Å². The average Bonchev–Trinajstić information content (AvgIpc) is 3.68. The second-order valence-electron chi connectivity index (χ2n) is 18.3. The van der Waals surface area contributed by atoms with Crippen LogP contribution in [0.3, 0.4) is 0 Å². The first-order chi connectivity index (χ1) is 24.6. The van der Waals surface area contributed by atoms with Gasteiger partial charge in [0.15, 0.2) is 0 Å². The fourth-order valence-electron chi connectivity index (χ4n) is 9.25. The molecule has 9 rings (SSSR count). The van der Waals surface area contributed by atoms with Crippen molar-refractivity contribution in [2.24, 2.45) is 0 Å². The Balaban J connectivity index is 1.40. The molecular formula is C50H49NO. The molecule has 2 aliphatic carbocycles. The summed E-state index contributed by atoms with van der Waals surface area (Å²) in [5.41, 5.74) is 18.3. The van der Waals surface area contributed by atoms with E-state index in [0.29, 0.717) is 0 Å². The molecule has 0 fully saturated rings. The van der Waals surface area contributed by atoms with Crippen LogP contribution in [0.1, 0.15) is 103 Å². The summed E-state index contributed by atoms with van der Waals surface area (Å²) in [4.78, 5) is 2.54. The quantitative estimate of drug-likeness (QED) is 0.185. The molecule has 7 aromatic rings. The molecule has 0 saturated heterocycles. The van der Waals surface area contributed by atoms with Gasteiger partial charge >= 0.3 is 0 Å². The molecule has 6 aromatic carbocycles. The summed E-state index contributed by atoms with van der Waals surface area (Å²) in [6.45, 7) is 23.3. The SMILES string of the molecule is CC(C)(C)c1cc(C(C)(C)C)c2oc3cccc(N(c4ccc5c(c4)C(C)(C)c4ccccc4-5)c4cccc5c4-c4ccccc4C5(C)C)c3c2c1. The van der Waals surface area contributed by atoms with E-state index in [1.165, 1.54) is 66.7 Å². The minimum absolute atomic E-state index is 0.0253. The Bertz CT molecular complexity index is 2600. The van der Waals surface area contributed by atoms with Gasteiger partial charge in [0.25, 0.3) is 0 Å². The third-order valence-electron chi connectivity index (χ3n) is 12.1. The monoisotopic (exact) mass is 679 g/mol. The predicted octanol–water partition coefficient (Wildman–Crippen LogP) is 14.3. The van der Waals surface area contributed by atoms with Crippen molar-refractivity contribution in [2.75, 3.05) is 4.90 Å². The number of hydrogen-bond donors (Lipinski definition) is 0. The van der Waals surface area contributed by atoms with Gasteiger partial charge in [-0.05, 0) is 91.7 Å². The molecule has 0 N–H and O–H groups in total. The molecule has 0 bridgehead atoms. The fraction of sp³-hybridized carbons (Fsp3) is 0.280. The molecule has 260 valence electrons. The highest BCUT2D eigenvalue weighted by Gasteiger charge is 2.40. The molecule has 0 amide bonds. The highest BCUT2D eigenvalue weighted by molar-refractivity contribution is 6.15. The lowest BCUT2D eigenvalue weighted by Crippen LogP contribution is -2.18. The van der Waals surface area contributed by atoms with Gasteiger partial charge in [-0.3, -0.25) is 0 Å². The highest BCUT2D eigenvalue weighted by atomic mass is 16.3. The molecule has 0 aliphatic heterocycles. The van der Waals surface area contributed by atoms with Crippen LogP contribution in [-0.2, 0) is 21.7 Å². The fourth-order valence-corrected chi connectivity index (χ4v) is 9.25. The van der Waals surface area contributed by atoms with Crippen molar-refractivity contribution in [3.05, 3.63) is 149 Å². The van der Waals surface area contributed by atoms with Crippen LogP contribution >= 0.6 is 0 Å². The van der Waals surface area contributed by atoms with Gasteiger partial charge in [0.05, 0.1) is 16.8 Å². The van der Waals surface area contributed by atoms with E-state index in [4.69, 9.17) is 4.42 Å². The highest BCUT2D eigenvalue weighted by Crippen LogP contribution is 2.57. The van der Waals surface area contributed by atoms with E-state index in [1.807, 2.05) is 0 Å². The zero-order valence-electron chi connectivity index (χ0n) is 32.3. The number of furan rings is 1. The van der Waals surface area contributed by atoms with Crippen molar-refractivity contribution in [3.8, 4) is 22.3 Å². The van der Waals surface area contributed by atoms with Crippen LogP contribution < -0.4 is 4.90 Å². The number of rotatable bonds is 3. The van der Waals surface area contributed by atoms with Gasteiger partial charge in [-0.2, -0.15) is 0 Å². The Morgan fingerprint density at radius 3 is 1.83 bits per heavy atom. The Morgan fingerprint density at radius 1 is 0.519 bits per heavy atom. The maximum absolute atomic E-state index is 6.95. The van der Waals surface area contributed by atoms with E-state index in [0.717, 1.165) is 27.9 Å². The van der Waals surface area contributed by atoms with E-state index in [2.05, 4.69) is 189 Å². The first kappa shape index (κ1) is 32.8. The van der Waals surface area contributed by atoms with Crippen LogP contribution in [0.2, 0.25) is 0 Å². The Labute approximate surface area is 309 Å². The maximum atomic E-state index is 6.95. The van der Waals surface area contributed by atoms with Gasteiger partial charge in [-0.1, -0.05) is 148 Å². The molecule has 1 heterocycles. The second kappa shape index (κ2) is 10.7. The summed E-state index contributed by atoms with van der Waals surface area (Å²) in [5.74, 6) is 0. The molecule has 1 aromatic heterocycles. The molecule has 2 aliphatic rings. The first-order valence-electron chi connectivity index (χ1n) is 18.9. The zero-order chi connectivity index (χ0) is 36.5. The van der Waals surface area contributed by atoms with Crippen LogP contribution in [0.4, 0.5) is 17.1 Å². The summed E-state index contributed by atoms with van der Waals surface area (Å²) in [6.07, 6.45) is 0. The molecule has 2 nitrogen and oxygen atoms in total. The van der Waals surface area contributed by atoms with Gasteiger partial charge in [0.2, 0.25) is 0 Å². The lowest BCUT2D eigenvalue weighted by molar-refractivity contribution is 0.559. The van der Waals surface area contributed by atoms with Crippen molar-refractivity contribution >= 4 is 39.0 Å². The van der Waals surface area contributed by atoms with Crippen LogP contribution in [-0.4, -0.2) is 0 Å². The number of benzene rings is 6. The van der Waals surface area contributed by atoms with Gasteiger partial charge in [0, 0.05) is 33.0 Å². The van der Waals surface area contributed by atoms with E-state index in [1.54, 1.807) is 0 Å². The summed E-state index contributed by atoms with van der Waals surface area (Å²) in [6, 6.07) is 43.4. The van der Waals surface area contributed by atoms with E-state index >= 15 is 0 Å². The lowest BCUT2D eigenvalue weighted by atomic mass is 9.79. The van der Waals surface area contributed by atoms with Gasteiger partial charge < -0.3 is 9.32 Å². The van der Waals surface area contributed by atoms with Crippen LogP contribution in [0.15, 0.2) is 120 Å². The number of fused-ring (bicyclic) bond motifs is 9. The number of hydrogen-bond acceptors (Lipinski definition) is 2. The zero-order valence-corrected chi connectivity index (χ0v) is 32.3. The largest absolute Gasteiger partial charge is 0.456 e. The van der Waals surface area contributed by atoms with Crippen molar-refractivity contribution in [1.29, 1.82) is 0 Å².